The second-order valence-electron chi connectivity index (χ2n) is 6.09. The van der Waals surface area contributed by atoms with Gasteiger partial charge in [-0.15, -0.1) is 11.8 Å². The Balaban J connectivity index is 1.88. The van der Waals surface area contributed by atoms with Crippen molar-refractivity contribution < 1.29 is 0 Å². The fourth-order valence-corrected chi connectivity index (χ4v) is 2.88. The molecule has 23 heavy (non-hydrogen) atoms. The number of pyridine rings is 1. The van der Waals surface area contributed by atoms with Crippen molar-refractivity contribution in [1.82, 2.24) is 4.57 Å². The molecular weight excluding hydrogens is 282 g/mol. The lowest BCUT2D eigenvalue weighted by molar-refractivity contribution is 0.641. The molecule has 2 aromatic rings. The van der Waals surface area contributed by atoms with E-state index in [1.807, 2.05) is 31.3 Å². The summed E-state index contributed by atoms with van der Waals surface area (Å²) in [5, 5.41) is 0.789. The number of hydrogen-bond donors (Lipinski definition) is 0. The van der Waals surface area contributed by atoms with Crippen molar-refractivity contribution >= 4 is 10.9 Å². The average Bonchev–Trinajstić information content (AvgIpc) is 2.57. The Morgan fingerprint density at radius 2 is 1.74 bits per heavy atom. The minimum atomic E-state index is 0.109. The molecule has 2 nitrogen and oxygen atoms in total. The zero-order valence-corrected chi connectivity index (χ0v) is 14.4. The number of unbranched alkanes of at least 4 members (excludes halogenated alkanes) is 5. The fraction of sp³-hybridized carbons (Fsp3) is 0.476. The van der Waals surface area contributed by atoms with Gasteiger partial charge in [0.1, 0.15) is 0 Å². The Hall–Kier alpha value is -2.01. The monoisotopic (exact) mass is 309 g/mol. The number of nitrogens with zero attached hydrogens (tertiary/aromatic N) is 1. The van der Waals surface area contributed by atoms with Gasteiger partial charge in [-0.25, -0.2) is 0 Å². The first kappa shape index (κ1) is 17.3. The van der Waals surface area contributed by atoms with E-state index in [-0.39, 0.29) is 5.43 Å². The molecule has 0 spiro atoms. The van der Waals surface area contributed by atoms with Crippen LogP contribution in [0.25, 0.3) is 10.9 Å². The molecule has 0 radical (unpaired) electrons. The van der Waals surface area contributed by atoms with Gasteiger partial charge in [0.2, 0.25) is 0 Å². The third-order valence-corrected chi connectivity index (χ3v) is 4.30. The zero-order chi connectivity index (χ0) is 16.5. The van der Waals surface area contributed by atoms with Crippen LogP contribution in [-0.4, -0.2) is 4.57 Å². The molecule has 0 saturated heterocycles. The maximum atomic E-state index is 12.2. The maximum Gasteiger partial charge on any atom is 0.189 e. The Labute approximate surface area is 139 Å². The number of para-hydroxylation sites is 1. The summed E-state index contributed by atoms with van der Waals surface area (Å²) in [7, 11) is 2.03. The quantitative estimate of drug-likeness (QED) is 0.530. The van der Waals surface area contributed by atoms with Crippen molar-refractivity contribution in [2.75, 3.05) is 0 Å². The first-order valence-corrected chi connectivity index (χ1v) is 8.77. The van der Waals surface area contributed by atoms with Gasteiger partial charge in [0, 0.05) is 37.0 Å². The molecule has 0 amide bonds. The largest absolute Gasteiger partial charge is 0.347 e. The normalized spacial score (nSPS) is 10.5. The van der Waals surface area contributed by atoms with E-state index in [0.29, 0.717) is 0 Å². The third-order valence-electron chi connectivity index (χ3n) is 4.30. The Bertz CT molecular complexity index is 746. The van der Waals surface area contributed by atoms with Gasteiger partial charge in [0.05, 0.1) is 5.52 Å². The summed E-state index contributed by atoms with van der Waals surface area (Å²) >= 11 is 0. The average molecular weight is 309 g/mol. The van der Waals surface area contributed by atoms with Crippen molar-refractivity contribution in [3.63, 3.8) is 0 Å². The van der Waals surface area contributed by atoms with Gasteiger partial charge >= 0.3 is 0 Å². The minimum Gasteiger partial charge on any atom is -0.347 e. The standard InChI is InChI=1S/C21H27NO/c1-3-4-5-6-7-8-9-10-11-14-18-17-21(23)19-15-12-13-16-20(19)22(18)2/h12-13,15-17H,3-8,11,14H2,1-2H3. The van der Waals surface area contributed by atoms with E-state index in [2.05, 4.69) is 23.3 Å². The lowest BCUT2D eigenvalue weighted by atomic mass is 10.1. The van der Waals surface area contributed by atoms with Crippen LogP contribution in [0.1, 0.15) is 57.6 Å². The van der Waals surface area contributed by atoms with E-state index in [0.717, 1.165) is 35.9 Å². The summed E-state index contributed by atoms with van der Waals surface area (Å²) in [6.45, 7) is 2.24. The molecule has 2 rings (SSSR count). The fourth-order valence-electron chi connectivity index (χ4n) is 2.88. The van der Waals surface area contributed by atoms with Gasteiger partial charge in [-0.05, 0) is 25.0 Å². The molecule has 0 unspecified atom stereocenters. The highest BCUT2D eigenvalue weighted by atomic mass is 16.1. The van der Waals surface area contributed by atoms with Crippen LogP contribution in [0.3, 0.4) is 0 Å². The van der Waals surface area contributed by atoms with Gasteiger partial charge in [-0.1, -0.05) is 44.7 Å². The Morgan fingerprint density at radius 1 is 1.00 bits per heavy atom. The molecule has 0 aliphatic rings. The smallest absolute Gasteiger partial charge is 0.189 e. The SMILES string of the molecule is CCCCCCCC#CCCc1cc(=O)c2ccccc2n1C. The molecule has 1 heterocycles. The Morgan fingerprint density at radius 3 is 2.57 bits per heavy atom. The minimum absolute atomic E-state index is 0.109. The van der Waals surface area contributed by atoms with Crippen LogP contribution in [0.5, 0.6) is 0 Å². The van der Waals surface area contributed by atoms with E-state index < -0.39 is 0 Å². The first-order valence-electron chi connectivity index (χ1n) is 8.77. The topological polar surface area (TPSA) is 22.0 Å². The molecule has 1 aromatic carbocycles. The van der Waals surface area contributed by atoms with Crippen LogP contribution in [0.4, 0.5) is 0 Å². The van der Waals surface area contributed by atoms with Crippen molar-refractivity contribution in [2.45, 2.75) is 58.3 Å². The molecule has 0 aliphatic heterocycles. The van der Waals surface area contributed by atoms with E-state index in [1.54, 1.807) is 6.07 Å². The molecule has 2 heteroatoms. The van der Waals surface area contributed by atoms with Crippen LogP contribution >= 0.6 is 0 Å². The number of hydrogen-bond acceptors (Lipinski definition) is 1. The summed E-state index contributed by atoms with van der Waals surface area (Å²) in [6.07, 6.45) is 9.11. The van der Waals surface area contributed by atoms with Crippen LogP contribution in [0, 0.1) is 11.8 Å². The van der Waals surface area contributed by atoms with Crippen molar-refractivity contribution in [3.05, 3.63) is 46.2 Å². The number of fused-ring (bicyclic) bond motifs is 1. The summed E-state index contributed by atoms with van der Waals surface area (Å²) in [5.74, 6) is 6.52. The van der Waals surface area contributed by atoms with Gasteiger partial charge < -0.3 is 4.57 Å². The van der Waals surface area contributed by atoms with E-state index in [1.165, 1.54) is 32.1 Å². The number of aromatic nitrogens is 1. The van der Waals surface area contributed by atoms with Crippen LogP contribution < -0.4 is 5.43 Å². The predicted molar refractivity (Wildman–Crippen MR) is 98.7 cm³/mol. The second kappa shape index (κ2) is 9.20. The van der Waals surface area contributed by atoms with Gasteiger partial charge in [0.15, 0.2) is 5.43 Å². The molecule has 0 fully saturated rings. The lowest BCUT2D eigenvalue weighted by Gasteiger charge is -2.11. The second-order valence-corrected chi connectivity index (χ2v) is 6.09. The van der Waals surface area contributed by atoms with Crippen molar-refractivity contribution in [2.24, 2.45) is 7.05 Å². The summed E-state index contributed by atoms with van der Waals surface area (Å²) in [5.41, 5.74) is 2.17. The lowest BCUT2D eigenvalue weighted by Crippen LogP contribution is -2.11. The first-order chi connectivity index (χ1) is 11.2. The van der Waals surface area contributed by atoms with Crippen molar-refractivity contribution in [1.29, 1.82) is 0 Å². The zero-order valence-electron chi connectivity index (χ0n) is 14.4. The van der Waals surface area contributed by atoms with Crippen LogP contribution in [0.15, 0.2) is 35.1 Å². The van der Waals surface area contributed by atoms with Gasteiger partial charge in [0.25, 0.3) is 0 Å². The highest BCUT2D eigenvalue weighted by molar-refractivity contribution is 5.79. The van der Waals surface area contributed by atoms with Crippen molar-refractivity contribution in [3.8, 4) is 11.8 Å². The summed E-state index contributed by atoms with van der Waals surface area (Å²) in [6, 6.07) is 9.54. The highest BCUT2D eigenvalue weighted by Crippen LogP contribution is 2.12. The predicted octanol–water partition coefficient (Wildman–Crippen LogP) is 4.84. The maximum absolute atomic E-state index is 12.2. The molecule has 1 aromatic heterocycles. The van der Waals surface area contributed by atoms with Gasteiger partial charge in [-0.3, -0.25) is 4.79 Å². The van der Waals surface area contributed by atoms with E-state index >= 15 is 0 Å². The molecule has 0 saturated carbocycles. The summed E-state index contributed by atoms with van der Waals surface area (Å²) in [4.78, 5) is 12.2. The number of rotatable bonds is 7. The molecule has 122 valence electrons. The highest BCUT2D eigenvalue weighted by Gasteiger charge is 2.04. The van der Waals surface area contributed by atoms with E-state index in [9.17, 15) is 4.79 Å². The Kier molecular flexibility index (Phi) is 6.94. The molecule has 0 bridgehead atoms. The van der Waals surface area contributed by atoms with E-state index in [4.69, 9.17) is 0 Å². The summed E-state index contributed by atoms with van der Waals surface area (Å²) < 4.78 is 2.11. The molecule has 0 N–H and O–H groups in total. The third kappa shape index (κ3) is 4.99. The molecular formula is C21H27NO. The molecule has 0 atom stereocenters. The number of benzene rings is 1. The molecule has 0 aliphatic carbocycles. The van der Waals surface area contributed by atoms with Crippen LogP contribution in [-0.2, 0) is 13.5 Å². The van der Waals surface area contributed by atoms with Crippen LogP contribution in [0.2, 0.25) is 0 Å². The van der Waals surface area contributed by atoms with Gasteiger partial charge in [-0.2, -0.15) is 0 Å². The number of aryl methyl sites for hydroxylation is 2.